The normalized spacial score (nSPS) is 20.0. The van der Waals surface area contributed by atoms with E-state index in [1.807, 2.05) is 30.3 Å². The molecule has 0 unspecified atom stereocenters. The van der Waals surface area contributed by atoms with Crippen LogP contribution in [-0.4, -0.2) is 32.3 Å². The van der Waals surface area contributed by atoms with Crippen LogP contribution in [0.1, 0.15) is 31.2 Å². The van der Waals surface area contributed by atoms with Crippen molar-refractivity contribution in [1.29, 1.82) is 0 Å². The number of rotatable bonds is 5. The SMILES string of the molecule is OCc1cc(Nc2nc3ccc(Br)cc3s2)nc(N[C@H]2CC[C@H](O)CC2)c1. The Morgan fingerprint density at radius 2 is 1.85 bits per heavy atom. The van der Waals surface area contributed by atoms with Gasteiger partial charge in [-0.3, -0.25) is 0 Å². The Hall–Kier alpha value is -1.74. The van der Waals surface area contributed by atoms with Gasteiger partial charge < -0.3 is 20.8 Å². The molecule has 1 saturated carbocycles. The lowest BCUT2D eigenvalue weighted by Gasteiger charge is -2.26. The van der Waals surface area contributed by atoms with Gasteiger partial charge in [-0.1, -0.05) is 27.3 Å². The fourth-order valence-electron chi connectivity index (χ4n) is 3.31. The largest absolute Gasteiger partial charge is 0.393 e. The van der Waals surface area contributed by atoms with Crippen LogP contribution in [0.2, 0.25) is 0 Å². The molecule has 1 aromatic carbocycles. The van der Waals surface area contributed by atoms with Crippen LogP contribution in [0.3, 0.4) is 0 Å². The Bertz CT molecular complexity index is 941. The highest BCUT2D eigenvalue weighted by Crippen LogP contribution is 2.31. The molecule has 0 amide bonds. The molecule has 0 spiro atoms. The highest BCUT2D eigenvalue weighted by Gasteiger charge is 2.19. The summed E-state index contributed by atoms with van der Waals surface area (Å²) in [5, 5.41) is 26.7. The van der Waals surface area contributed by atoms with Gasteiger partial charge in [0.15, 0.2) is 5.13 Å². The molecular formula is C19H21BrN4O2S. The van der Waals surface area contributed by atoms with E-state index in [2.05, 4.69) is 36.5 Å². The van der Waals surface area contributed by atoms with Crippen molar-refractivity contribution in [3.05, 3.63) is 40.4 Å². The van der Waals surface area contributed by atoms with Crippen molar-refractivity contribution in [3.63, 3.8) is 0 Å². The van der Waals surface area contributed by atoms with E-state index in [0.29, 0.717) is 11.9 Å². The number of aliphatic hydroxyl groups excluding tert-OH is 2. The van der Waals surface area contributed by atoms with Gasteiger partial charge >= 0.3 is 0 Å². The van der Waals surface area contributed by atoms with Gasteiger partial charge in [0, 0.05) is 10.5 Å². The molecule has 8 heteroatoms. The number of nitrogens with zero attached hydrogens (tertiary/aromatic N) is 2. The molecule has 1 aliphatic carbocycles. The second kappa shape index (κ2) is 8.10. The van der Waals surface area contributed by atoms with Gasteiger partial charge in [0.25, 0.3) is 0 Å². The molecule has 27 heavy (non-hydrogen) atoms. The first-order chi connectivity index (χ1) is 13.1. The number of hydrogen-bond acceptors (Lipinski definition) is 7. The maximum atomic E-state index is 9.67. The lowest BCUT2D eigenvalue weighted by molar-refractivity contribution is 0.126. The summed E-state index contributed by atoms with van der Waals surface area (Å²) in [5.74, 6) is 1.38. The molecule has 1 aliphatic rings. The maximum absolute atomic E-state index is 9.67. The van der Waals surface area contributed by atoms with Crippen LogP contribution in [0.4, 0.5) is 16.8 Å². The summed E-state index contributed by atoms with van der Waals surface area (Å²) in [6.45, 7) is -0.0535. The molecule has 3 aromatic rings. The number of nitrogens with one attached hydrogen (secondary N) is 2. The lowest BCUT2D eigenvalue weighted by atomic mass is 9.93. The maximum Gasteiger partial charge on any atom is 0.189 e. The smallest absolute Gasteiger partial charge is 0.189 e. The Morgan fingerprint density at radius 1 is 1.07 bits per heavy atom. The van der Waals surface area contributed by atoms with Crippen molar-refractivity contribution in [1.82, 2.24) is 9.97 Å². The Kier molecular flexibility index (Phi) is 5.58. The monoisotopic (exact) mass is 448 g/mol. The quantitative estimate of drug-likeness (QED) is 0.462. The van der Waals surface area contributed by atoms with Gasteiger partial charge in [-0.15, -0.1) is 0 Å². The molecule has 2 heterocycles. The molecule has 4 rings (SSSR count). The van der Waals surface area contributed by atoms with E-state index in [1.54, 1.807) is 11.3 Å². The summed E-state index contributed by atoms with van der Waals surface area (Å²) in [5.41, 5.74) is 1.72. The molecular weight excluding hydrogens is 428 g/mol. The minimum atomic E-state index is -0.184. The zero-order valence-corrected chi connectivity index (χ0v) is 17.1. The molecule has 0 aliphatic heterocycles. The number of hydrogen-bond donors (Lipinski definition) is 4. The van der Waals surface area contributed by atoms with Crippen LogP contribution < -0.4 is 10.6 Å². The zero-order chi connectivity index (χ0) is 18.8. The summed E-state index contributed by atoms with van der Waals surface area (Å²) < 4.78 is 2.11. The predicted molar refractivity (Wildman–Crippen MR) is 113 cm³/mol. The molecule has 1 fully saturated rings. The van der Waals surface area contributed by atoms with E-state index in [9.17, 15) is 10.2 Å². The number of thiazole rings is 1. The van der Waals surface area contributed by atoms with E-state index < -0.39 is 0 Å². The Balaban J connectivity index is 1.54. The van der Waals surface area contributed by atoms with Crippen LogP contribution in [0.15, 0.2) is 34.8 Å². The van der Waals surface area contributed by atoms with Crippen LogP contribution in [0, 0.1) is 0 Å². The first kappa shape index (κ1) is 18.6. The third-order valence-corrected chi connectivity index (χ3v) is 6.13. The number of aliphatic hydroxyl groups is 2. The standard InChI is InChI=1S/C19H21BrN4O2S/c20-12-1-6-15-16(9-12)27-19(22-15)24-18-8-11(10-25)7-17(23-18)21-13-2-4-14(26)5-3-13/h1,6-9,13-14,25-26H,2-5,10H2,(H2,21,22,23,24)/t13-,14-. The molecule has 2 aromatic heterocycles. The third kappa shape index (κ3) is 4.57. The van der Waals surface area contributed by atoms with Crippen LogP contribution in [-0.2, 0) is 6.61 Å². The van der Waals surface area contributed by atoms with Crippen molar-refractivity contribution in [3.8, 4) is 0 Å². The molecule has 0 saturated heterocycles. The average Bonchev–Trinajstić information content (AvgIpc) is 3.04. The van der Waals surface area contributed by atoms with Crippen molar-refractivity contribution < 1.29 is 10.2 Å². The van der Waals surface area contributed by atoms with Gasteiger partial charge in [0.2, 0.25) is 0 Å². The highest BCUT2D eigenvalue weighted by atomic mass is 79.9. The van der Waals surface area contributed by atoms with Crippen LogP contribution in [0.5, 0.6) is 0 Å². The second-order valence-electron chi connectivity index (χ2n) is 6.81. The molecule has 0 radical (unpaired) electrons. The molecule has 0 atom stereocenters. The lowest BCUT2D eigenvalue weighted by Crippen LogP contribution is -2.28. The van der Waals surface area contributed by atoms with Crippen molar-refractivity contribution >= 4 is 54.3 Å². The molecule has 6 nitrogen and oxygen atoms in total. The Labute approximate surface area is 169 Å². The first-order valence-corrected chi connectivity index (χ1v) is 10.6. The molecule has 4 N–H and O–H groups in total. The topological polar surface area (TPSA) is 90.3 Å². The fraction of sp³-hybridized carbons (Fsp3) is 0.368. The van der Waals surface area contributed by atoms with E-state index in [0.717, 1.165) is 56.9 Å². The van der Waals surface area contributed by atoms with E-state index >= 15 is 0 Å². The summed E-state index contributed by atoms with van der Waals surface area (Å²) in [6, 6.07) is 9.98. The van der Waals surface area contributed by atoms with Crippen molar-refractivity contribution in [2.24, 2.45) is 0 Å². The van der Waals surface area contributed by atoms with Crippen molar-refractivity contribution in [2.45, 2.75) is 44.4 Å². The number of pyridine rings is 1. The van der Waals surface area contributed by atoms with Crippen molar-refractivity contribution in [2.75, 3.05) is 10.6 Å². The van der Waals surface area contributed by atoms with Gasteiger partial charge in [-0.2, -0.15) is 0 Å². The predicted octanol–water partition coefficient (Wildman–Crippen LogP) is 4.41. The zero-order valence-electron chi connectivity index (χ0n) is 14.7. The summed E-state index contributed by atoms with van der Waals surface area (Å²) in [4.78, 5) is 9.23. The van der Waals surface area contributed by atoms with Gasteiger partial charge in [0.05, 0.1) is 22.9 Å². The summed E-state index contributed by atoms with van der Waals surface area (Å²) >= 11 is 5.04. The number of aromatic nitrogens is 2. The van der Waals surface area contributed by atoms with E-state index in [4.69, 9.17) is 0 Å². The number of halogens is 1. The average molecular weight is 449 g/mol. The number of fused-ring (bicyclic) bond motifs is 1. The minimum absolute atomic E-state index is 0.0535. The van der Waals surface area contributed by atoms with Gasteiger partial charge in [0.1, 0.15) is 11.6 Å². The van der Waals surface area contributed by atoms with Crippen LogP contribution in [0.25, 0.3) is 10.2 Å². The summed E-state index contributed by atoms with van der Waals surface area (Å²) in [7, 11) is 0. The highest BCUT2D eigenvalue weighted by molar-refractivity contribution is 9.10. The van der Waals surface area contributed by atoms with Crippen LogP contribution >= 0.6 is 27.3 Å². The van der Waals surface area contributed by atoms with E-state index in [1.165, 1.54) is 0 Å². The van der Waals surface area contributed by atoms with Gasteiger partial charge in [-0.05, 0) is 61.6 Å². The third-order valence-electron chi connectivity index (χ3n) is 4.70. The second-order valence-corrected chi connectivity index (χ2v) is 8.76. The van der Waals surface area contributed by atoms with Gasteiger partial charge in [-0.25, -0.2) is 9.97 Å². The first-order valence-electron chi connectivity index (χ1n) is 8.98. The van der Waals surface area contributed by atoms with E-state index in [-0.39, 0.29) is 12.7 Å². The fourth-order valence-corrected chi connectivity index (χ4v) is 4.73. The number of anilines is 3. The molecule has 0 bridgehead atoms. The minimum Gasteiger partial charge on any atom is -0.393 e. The molecule has 142 valence electrons. The number of benzene rings is 1. The Morgan fingerprint density at radius 3 is 2.63 bits per heavy atom. The summed E-state index contributed by atoms with van der Waals surface area (Å²) in [6.07, 6.45) is 3.27.